The van der Waals surface area contributed by atoms with Crippen molar-refractivity contribution in [2.45, 2.75) is 27.7 Å². The number of sulfone groups is 1. The lowest BCUT2D eigenvalue weighted by Crippen LogP contribution is -2.04. The van der Waals surface area contributed by atoms with Gasteiger partial charge in [-0.25, -0.2) is 8.42 Å². The molecule has 2 aromatic heterocycles. The highest BCUT2D eigenvalue weighted by Gasteiger charge is 2.29. The molecule has 29 heavy (non-hydrogen) atoms. The Morgan fingerprint density at radius 1 is 1.03 bits per heavy atom. The van der Waals surface area contributed by atoms with Crippen LogP contribution in [0.2, 0.25) is 5.02 Å². The predicted octanol–water partition coefficient (Wildman–Crippen LogP) is 6.02. The summed E-state index contributed by atoms with van der Waals surface area (Å²) in [5, 5.41) is 0.662. The van der Waals surface area contributed by atoms with Crippen LogP contribution in [0, 0.1) is 6.92 Å². The first-order chi connectivity index (χ1) is 13.9. The predicted molar refractivity (Wildman–Crippen MR) is 112 cm³/mol. The van der Waals surface area contributed by atoms with Crippen LogP contribution < -0.4 is 0 Å². The van der Waals surface area contributed by atoms with E-state index in [9.17, 15) is 8.42 Å². The lowest BCUT2D eigenvalue weighted by molar-refractivity contribution is 0.451. The minimum atomic E-state index is -3.87. The van der Waals surface area contributed by atoms with Gasteiger partial charge in [-0.3, -0.25) is 0 Å². The van der Waals surface area contributed by atoms with Crippen molar-refractivity contribution in [2.24, 2.45) is 0 Å². The zero-order chi connectivity index (χ0) is 20.4. The van der Waals surface area contributed by atoms with Gasteiger partial charge in [0.15, 0.2) is 5.76 Å². The van der Waals surface area contributed by atoms with Crippen LogP contribution in [0.15, 0.2) is 90.8 Å². The van der Waals surface area contributed by atoms with Crippen molar-refractivity contribution >= 4 is 33.2 Å². The molecule has 0 fully saturated rings. The van der Waals surface area contributed by atoms with Crippen molar-refractivity contribution < 1.29 is 17.3 Å². The smallest absolute Gasteiger partial charge is 0.265 e. The third kappa shape index (κ3) is 4.12. The molecule has 0 amide bonds. The first-order valence-corrected chi connectivity index (χ1v) is 11.5. The monoisotopic (exact) mass is 445 g/mol. The lowest BCUT2D eigenvalue weighted by Gasteiger charge is -2.05. The normalized spacial score (nSPS) is 11.7. The Labute approximate surface area is 177 Å². The molecule has 0 saturated carbocycles. The number of benzene rings is 2. The van der Waals surface area contributed by atoms with Gasteiger partial charge in [-0.05, 0) is 42.8 Å². The van der Waals surface area contributed by atoms with Crippen LogP contribution >= 0.6 is 23.4 Å². The first-order valence-electron chi connectivity index (χ1n) is 8.68. The van der Waals surface area contributed by atoms with Crippen LogP contribution in [-0.4, -0.2) is 13.4 Å². The van der Waals surface area contributed by atoms with Crippen molar-refractivity contribution in [1.82, 2.24) is 4.98 Å². The molecule has 0 atom stereocenters. The van der Waals surface area contributed by atoms with Gasteiger partial charge in [-0.2, -0.15) is 4.98 Å². The van der Waals surface area contributed by atoms with E-state index in [-0.39, 0.29) is 20.9 Å². The van der Waals surface area contributed by atoms with Gasteiger partial charge in [0.25, 0.3) is 5.89 Å². The van der Waals surface area contributed by atoms with E-state index in [1.165, 1.54) is 18.0 Å². The van der Waals surface area contributed by atoms with Gasteiger partial charge >= 0.3 is 0 Å². The number of hydrogen-bond acceptors (Lipinski definition) is 6. The molecule has 0 aliphatic carbocycles. The van der Waals surface area contributed by atoms with E-state index in [4.69, 9.17) is 20.4 Å². The van der Waals surface area contributed by atoms with Crippen molar-refractivity contribution in [3.8, 4) is 11.7 Å². The molecule has 5 nitrogen and oxygen atoms in total. The standard InChI is InChI=1S/C21H16ClNO4S2/c1-14-8-10-16(11-9-14)29(24,25)20-21(27-19(23-20)18-7-4-12-26-18)28-13-15-5-2-3-6-17(15)22/h2-12H,13H2,1H3. The maximum Gasteiger partial charge on any atom is 0.265 e. The first kappa shape index (κ1) is 19.8. The molecule has 8 heteroatoms. The average molecular weight is 446 g/mol. The zero-order valence-electron chi connectivity index (χ0n) is 15.3. The molecule has 148 valence electrons. The number of nitrogens with zero attached hydrogens (tertiary/aromatic N) is 1. The van der Waals surface area contributed by atoms with E-state index in [2.05, 4.69) is 4.98 Å². The summed E-state index contributed by atoms with van der Waals surface area (Å²) in [7, 11) is -3.87. The van der Waals surface area contributed by atoms with Crippen LogP contribution in [-0.2, 0) is 15.6 Å². The summed E-state index contributed by atoms with van der Waals surface area (Å²) in [4.78, 5) is 4.41. The second-order valence-electron chi connectivity index (χ2n) is 6.29. The van der Waals surface area contributed by atoms with E-state index < -0.39 is 9.84 Å². The number of hydrogen-bond donors (Lipinski definition) is 0. The third-order valence-electron chi connectivity index (χ3n) is 4.20. The fourth-order valence-electron chi connectivity index (χ4n) is 2.65. The third-order valence-corrected chi connectivity index (χ3v) is 7.37. The van der Waals surface area contributed by atoms with E-state index in [1.807, 2.05) is 25.1 Å². The second kappa shape index (κ2) is 8.10. The van der Waals surface area contributed by atoms with Gasteiger partial charge in [0.05, 0.1) is 11.2 Å². The molecule has 4 aromatic rings. The van der Waals surface area contributed by atoms with Gasteiger partial charge < -0.3 is 8.83 Å². The molecule has 0 spiro atoms. The molecule has 0 unspecified atom stereocenters. The number of thioether (sulfide) groups is 1. The quantitative estimate of drug-likeness (QED) is 0.338. The molecular weight excluding hydrogens is 430 g/mol. The van der Waals surface area contributed by atoms with E-state index in [0.717, 1.165) is 11.1 Å². The van der Waals surface area contributed by atoms with Crippen molar-refractivity contribution in [1.29, 1.82) is 0 Å². The Hall–Kier alpha value is -2.48. The summed E-state index contributed by atoms with van der Waals surface area (Å²) in [5.41, 5.74) is 1.84. The molecule has 2 heterocycles. The van der Waals surface area contributed by atoms with E-state index in [1.54, 1.807) is 42.5 Å². The molecule has 0 N–H and O–H groups in total. The van der Waals surface area contributed by atoms with Crippen LogP contribution in [0.5, 0.6) is 0 Å². The van der Waals surface area contributed by atoms with E-state index in [0.29, 0.717) is 16.5 Å². The summed E-state index contributed by atoms with van der Waals surface area (Å²) in [5.74, 6) is 0.903. The molecule has 4 rings (SSSR count). The fourth-order valence-corrected chi connectivity index (χ4v) is 5.46. The highest BCUT2D eigenvalue weighted by Crippen LogP contribution is 2.37. The second-order valence-corrected chi connectivity index (χ2v) is 9.51. The largest absolute Gasteiger partial charge is 0.459 e. The van der Waals surface area contributed by atoms with Crippen molar-refractivity contribution in [3.05, 3.63) is 83.1 Å². The summed E-state index contributed by atoms with van der Waals surface area (Å²) >= 11 is 7.45. The minimum Gasteiger partial charge on any atom is -0.459 e. The van der Waals surface area contributed by atoms with Crippen molar-refractivity contribution in [3.63, 3.8) is 0 Å². The molecule has 0 saturated heterocycles. The Bertz CT molecular complexity index is 1230. The van der Waals surface area contributed by atoms with Gasteiger partial charge in [-0.15, -0.1) is 0 Å². The van der Waals surface area contributed by atoms with E-state index >= 15 is 0 Å². The summed E-state index contributed by atoms with van der Waals surface area (Å²) in [6.07, 6.45) is 1.48. The highest BCUT2D eigenvalue weighted by molar-refractivity contribution is 7.99. The Morgan fingerprint density at radius 3 is 2.48 bits per heavy atom. The number of aromatic nitrogens is 1. The number of rotatable bonds is 6. The fraction of sp³-hybridized carbons (Fsp3) is 0.0952. The minimum absolute atomic E-state index is 0.113. The molecule has 0 aliphatic rings. The molecule has 0 bridgehead atoms. The average Bonchev–Trinajstić information content (AvgIpc) is 3.38. The van der Waals surface area contributed by atoms with Crippen LogP contribution in [0.25, 0.3) is 11.7 Å². The van der Waals surface area contributed by atoms with Crippen LogP contribution in [0.3, 0.4) is 0 Å². The topological polar surface area (TPSA) is 73.3 Å². The van der Waals surface area contributed by atoms with Gasteiger partial charge in [0, 0.05) is 10.8 Å². The number of oxazole rings is 1. The number of furan rings is 1. The molecule has 2 aromatic carbocycles. The summed E-state index contributed by atoms with van der Waals surface area (Å²) in [6, 6.07) is 17.4. The molecular formula is C21H16ClNO4S2. The Kier molecular flexibility index (Phi) is 5.54. The zero-order valence-corrected chi connectivity index (χ0v) is 17.7. The van der Waals surface area contributed by atoms with Gasteiger partial charge in [-0.1, -0.05) is 59.3 Å². The number of aryl methyl sites for hydroxylation is 1. The van der Waals surface area contributed by atoms with Crippen LogP contribution in [0.1, 0.15) is 11.1 Å². The Morgan fingerprint density at radius 2 is 1.79 bits per heavy atom. The molecule has 0 aliphatic heterocycles. The maximum absolute atomic E-state index is 13.2. The van der Waals surface area contributed by atoms with Gasteiger partial charge in [0.2, 0.25) is 20.0 Å². The number of halogens is 1. The summed E-state index contributed by atoms with van der Waals surface area (Å²) < 4.78 is 37.6. The lowest BCUT2D eigenvalue weighted by atomic mass is 10.2. The van der Waals surface area contributed by atoms with Crippen molar-refractivity contribution in [2.75, 3.05) is 0 Å². The Balaban J connectivity index is 1.75. The summed E-state index contributed by atoms with van der Waals surface area (Å²) in [6.45, 7) is 1.90. The maximum atomic E-state index is 13.2. The van der Waals surface area contributed by atoms with Gasteiger partial charge in [0.1, 0.15) is 0 Å². The van der Waals surface area contributed by atoms with Crippen LogP contribution in [0.4, 0.5) is 0 Å². The molecule has 0 radical (unpaired) electrons. The highest BCUT2D eigenvalue weighted by atomic mass is 35.5. The SMILES string of the molecule is Cc1ccc(S(=O)(=O)c2nc(-c3ccco3)oc2SCc2ccccc2Cl)cc1.